The van der Waals surface area contributed by atoms with Crippen LogP contribution in [0.1, 0.15) is 17.2 Å². The van der Waals surface area contributed by atoms with E-state index in [1.807, 2.05) is 0 Å². The molecule has 2 saturated heterocycles. The highest BCUT2D eigenvalue weighted by atomic mass is 35.5. The van der Waals surface area contributed by atoms with Gasteiger partial charge < -0.3 is 24.2 Å². The normalized spacial score (nSPS) is 20.6. The number of hydrogen-bond donors (Lipinski definition) is 1. The third-order valence-corrected chi connectivity index (χ3v) is 6.45. The molecule has 2 fully saturated rings. The average Bonchev–Trinajstić information content (AvgIpc) is 3.12. The summed E-state index contributed by atoms with van der Waals surface area (Å²) in [6.45, 7) is 3.74. The van der Waals surface area contributed by atoms with Crippen LogP contribution >= 0.6 is 11.6 Å². The van der Waals surface area contributed by atoms with Gasteiger partial charge in [0, 0.05) is 31.7 Å². The molecule has 9 heteroatoms. The highest BCUT2D eigenvalue weighted by Crippen LogP contribution is 2.40. The number of aliphatic hydroxyl groups is 1. The van der Waals surface area contributed by atoms with Crippen LogP contribution in [0.4, 0.5) is 0 Å². The Bertz CT molecular complexity index is 1100. The lowest BCUT2D eigenvalue weighted by molar-refractivity contribution is -0.140. The van der Waals surface area contributed by atoms with Gasteiger partial charge in [-0.2, -0.15) is 0 Å². The first-order chi connectivity index (χ1) is 16.4. The maximum Gasteiger partial charge on any atom is 0.295 e. The Morgan fingerprint density at radius 1 is 1.06 bits per heavy atom. The summed E-state index contributed by atoms with van der Waals surface area (Å²) in [6, 6.07) is 11.1. The van der Waals surface area contributed by atoms with E-state index in [2.05, 4.69) is 4.90 Å². The second-order valence-corrected chi connectivity index (χ2v) is 8.48. The van der Waals surface area contributed by atoms with Crippen LogP contribution in [0.15, 0.2) is 48.0 Å². The molecular formula is C25H27ClN2O6. The van der Waals surface area contributed by atoms with Gasteiger partial charge in [-0.1, -0.05) is 23.7 Å². The molecule has 0 spiro atoms. The fraction of sp³-hybridized carbons (Fsp3) is 0.360. The molecule has 0 aromatic heterocycles. The lowest BCUT2D eigenvalue weighted by atomic mass is 9.95. The molecule has 8 nitrogen and oxygen atoms in total. The summed E-state index contributed by atoms with van der Waals surface area (Å²) in [7, 11) is 3.06. The Morgan fingerprint density at radius 3 is 2.38 bits per heavy atom. The number of ketones is 1. The van der Waals surface area contributed by atoms with Gasteiger partial charge in [0.1, 0.15) is 17.3 Å². The molecule has 1 atom stereocenters. The summed E-state index contributed by atoms with van der Waals surface area (Å²) < 4.78 is 15.8. The molecule has 1 amide bonds. The van der Waals surface area contributed by atoms with Crippen molar-refractivity contribution in [2.45, 2.75) is 6.04 Å². The number of likely N-dealkylation sites (tertiary alicyclic amines) is 1. The van der Waals surface area contributed by atoms with Crippen LogP contribution < -0.4 is 9.47 Å². The molecule has 0 radical (unpaired) electrons. The monoisotopic (exact) mass is 486 g/mol. The molecule has 0 saturated carbocycles. The summed E-state index contributed by atoms with van der Waals surface area (Å²) in [5.74, 6) is -0.563. The second kappa shape index (κ2) is 10.5. The number of hydrogen-bond acceptors (Lipinski definition) is 7. The van der Waals surface area contributed by atoms with Crippen molar-refractivity contribution in [2.75, 3.05) is 53.6 Å². The molecule has 34 heavy (non-hydrogen) atoms. The van der Waals surface area contributed by atoms with Gasteiger partial charge in [-0.05, 0) is 35.9 Å². The molecule has 2 heterocycles. The molecule has 2 aliphatic rings. The zero-order valence-electron chi connectivity index (χ0n) is 19.1. The zero-order chi connectivity index (χ0) is 24.2. The number of aliphatic hydroxyl groups excluding tert-OH is 1. The number of benzene rings is 2. The maximum absolute atomic E-state index is 13.2. The van der Waals surface area contributed by atoms with Crippen LogP contribution in [0.5, 0.6) is 11.5 Å². The standard InChI is InChI=1S/C25H27ClN2O6/c1-32-18-6-3-16(4-7-18)22-21(23(29)17-5-8-20(33-2)19(26)15-17)24(30)25(31)28(22)10-9-27-11-13-34-14-12-27/h3-8,15,22,29H,9-14H2,1-2H3/t22-/m0/s1. The molecular weight excluding hydrogens is 460 g/mol. The lowest BCUT2D eigenvalue weighted by Gasteiger charge is -2.31. The fourth-order valence-electron chi connectivity index (χ4n) is 4.29. The highest BCUT2D eigenvalue weighted by molar-refractivity contribution is 6.46. The van der Waals surface area contributed by atoms with Crippen LogP contribution in [0.25, 0.3) is 5.76 Å². The molecule has 0 aliphatic carbocycles. The van der Waals surface area contributed by atoms with Gasteiger partial charge in [0.05, 0.1) is 44.1 Å². The first-order valence-electron chi connectivity index (χ1n) is 11.0. The molecule has 180 valence electrons. The van der Waals surface area contributed by atoms with E-state index in [1.165, 1.54) is 18.1 Å². The van der Waals surface area contributed by atoms with Crippen LogP contribution in [-0.2, 0) is 14.3 Å². The Hall–Kier alpha value is -3.07. The van der Waals surface area contributed by atoms with E-state index in [0.717, 1.165) is 13.1 Å². The van der Waals surface area contributed by atoms with Crippen molar-refractivity contribution in [1.82, 2.24) is 9.80 Å². The molecule has 2 aromatic carbocycles. The molecule has 1 N–H and O–H groups in total. The van der Waals surface area contributed by atoms with Gasteiger partial charge in [-0.3, -0.25) is 14.5 Å². The Labute approximate surface area is 203 Å². The molecule has 0 bridgehead atoms. The number of amides is 1. The molecule has 2 aliphatic heterocycles. The smallest absolute Gasteiger partial charge is 0.295 e. The van der Waals surface area contributed by atoms with Crippen molar-refractivity contribution in [3.63, 3.8) is 0 Å². The van der Waals surface area contributed by atoms with Gasteiger partial charge >= 0.3 is 0 Å². The molecule has 0 unspecified atom stereocenters. The van der Waals surface area contributed by atoms with Crippen LogP contribution in [0.2, 0.25) is 5.02 Å². The average molecular weight is 487 g/mol. The third-order valence-electron chi connectivity index (χ3n) is 6.16. The van der Waals surface area contributed by atoms with Gasteiger partial charge in [0.15, 0.2) is 0 Å². The van der Waals surface area contributed by atoms with E-state index in [-0.39, 0.29) is 16.4 Å². The van der Waals surface area contributed by atoms with E-state index in [9.17, 15) is 14.7 Å². The summed E-state index contributed by atoms with van der Waals surface area (Å²) >= 11 is 6.25. The highest BCUT2D eigenvalue weighted by Gasteiger charge is 2.46. The van der Waals surface area contributed by atoms with Gasteiger partial charge in [0.25, 0.3) is 11.7 Å². The Balaban J connectivity index is 1.74. The van der Waals surface area contributed by atoms with Crippen molar-refractivity contribution >= 4 is 29.1 Å². The van der Waals surface area contributed by atoms with Crippen molar-refractivity contribution in [3.05, 3.63) is 64.2 Å². The minimum absolute atomic E-state index is 0.0263. The van der Waals surface area contributed by atoms with E-state index in [1.54, 1.807) is 43.5 Å². The number of morpholine rings is 1. The number of carbonyl (C=O) groups is 2. The van der Waals surface area contributed by atoms with E-state index >= 15 is 0 Å². The minimum Gasteiger partial charge on any atom is -0.507 e. The maximum atomic E-state index is 13.2. The summed E-state index contributed by atoms with van der Waals surface area (Å²) in [4.78, 5) is 30.0. The number of carbonyl (C=O) groups excluding carboxylic acids is 2. The SMILES string of the molecule is COc1ccc([C@H]2C(=C(O)c3ccc(OC)c(Cl)c3)C(=O)C(=O)N2CCN2CCOCC2)cc1. The Kier molecular flexibility index (Phi) is 7.41. The number of halogens is 1. The lowest BCUT2D eigenvalue weighted by Crippen LogP contribution is -2.42. The number of rotatable bonds is 7. The fourth-order valence-corrected chi connectivity index (χ4v) is 4.54. The largest absolute Gasteiger partial charge is 0.507 e. The van der Waals surface area contributed by atoms with Crippen molar-refractivity contribution < 1.29 is 28.9 Å². The molecule has 2 aromatic rings. The number of methoxy groups -OCH3 is 2. The van der Waals surface area contributed by atoms with Crippen molar-refractivity contribution in [1.29, 1.82) is 0 Å². The third kappa shape index (κ3) is 4.75. The topological polar surface area (TPSA) is 88.5 Å². The summed E-state index contributed by atoms with van der Waals surface area (Å²) in [6.07, 6.45) is 0. The second-order valence-electron chi connectivity index (χ2n) is 8.07. The van der Waals surface area contributed by atoms with Crippen LogP contribution in [-0.4, -0.2) is 80.2 Å². The number of nitrogens with zero attached hydrogens (tertiary/aromatic N) is 2. The minimum atomic E-state index is -0.743. The first-order valence-corrected chi connectivity index (χ1v) is 11.4. The first kappa shape index (κ1) is 24.1. The zero-order valence-corrected chi connectivity index (χ0v) is 19.9. The van der Waals surface area contributed by atoms with Gasteiger partial charge in [0.2, 0.25) is 0 Å². The quantitative estimate of drug-likeness (QED) is 0.365. The number of Topliss-reactive ketones (excluding diaryl/α,β-unsaturated/α-hetero) is 1. The van der Waals surface area contributed by atoms with Crippen molar-refractivity contribution in [3.8, 4) is 11.5 Å². The summed E-state index contributed by atoms with van der Waals surface area (Å²) in [5.41, 5.74) is 1.05. The van der Waals surface area contributed by atoms with Gasteiger partial charge in [-0.25, -0.2) is 0 Å². The summed E-state index contributed by atoms with van der Waals surface area (Å²) in [5, 5.41) is 11.5. The van der Waals surface area contributed by atoms with Crippen LogP contribution in [0.3, 0.4) is 0 Å². The van der Waals surface area contributed by atoms with E-state index < -0.39 is 17.7 Å². The van der Waals surface area contributed by atoms with E-state index in [4.69, 9.17) is 25.8 Å². The predicted molar refractivity (Wildman–Crippen MR) is 127 cm³/mol. The predicted octanol–water partition coefficient (Wildman–Crippen LogP) is 3.11. The van der Waals surface area contributed by atoms with Crippen LogP contribution in [0, 0.1) is 0 Å². The van der Waals surface area contributed by atoms with Crippen molar-refractivity contribution in [2.24, 2.45) is 0 Å². The van der Waals surface area contributed by atoms with E-state index in [0.29, 0.717) is 48.9 Å². The van der Waals surface area contributed by atoms with Gasteiger partial charge in [-0.15, -0.1) is 0 Å². The Morgan fingerprint density at radius 2 is 1.76 bits per heavy atom. The number of ether oxygens (including phenoxy) is 3. The molecule has 4 rings (SSSR count).